The Morgan fingerprint density at radius 2 is 2.00 bits per heavy atom. The predicted octanol–water partition coefficient (Wildman–Crippen LogP) is 6.28. The fourth-order valence-electron chi connectivity index (χ4n) is 2.76. The number of hydrogen-bond donors (Lipinski definition) is 1. The van der Waals surface area contributed by atoms with Crippen LogP contribution in [0, 0.1) is 0 Å². The van der Waals surface area contributed by atoms with Crippen LogP contribution in [0.5, 0.6) is 0 Å². The molecule has 0 amide bonds. The molecule has 1 N–H and O–H groups in total. The number of carboxylic acids is 1. The van der Waals surface area contributed by atoms with Crippen LogP contribution in [0.3, 0.4) is 0 Å². The van der Waals surface area contributed by atoms with E-state index in [4.69, 9.17) is 0 Å². The van der Waals surface area contributed by atoms with Crippen LogP contribution in [0.2, 0.25) is 0 Å². The molecule has 2 aromatic rings. The Morgan fingerprint density at radius 3 is 2.66 bits per heavy atom. The van der Waals surface area contributed by atoms with Gasteiger partial charge in [-0.2, -0.15) is 0 Å². The van der Waals surface area contributed by atoms with Crippen molar-refractivity contribution in [3.63, 3.8) is 0 Å². The Hall–Kier alpha value is -1.12. The van der Waals surface area contributed by atoms with E-state index in [0.29, 0.717) is 0 Å². The second-order valence-electron chi connectivity index (χ2n) is 7.51. The van der Waals surface area contributed by atoms with E-state index >= 15 is 0 Å². The number of carboxylic acid groups (broad SMARTS) is 1. The molecule has 160 valence electrons. The van der Waals surface area contributed by atoms with Crippen molar-refractivity contribution in [2.45, 2.75) is 68.4 Å². The Morgan fingerprint density at radius 1 is 1.24 bits per heavy atom. The summed E-state index contributed by atoms with van der Waals surface area (Å²) in [5, 5.41) is 11.3. The molecule has 29 heavy (non-hydrogen) atoms. The van der Waals surface area contributed by atoms with Crippen molar-refractivity contribution in [3.05, 3.63) is 33.9 Å². The van der Waals surface area contributed by atoms with Gasteiger partial charge in [0, 0.05) is 35.6 Å². The molecular formula is C21H30BrN3O2S2. The number of pyridine rings is 1. The highest BCUT2D eigenvalue weighted by Crippen LogP contribution is 2.34. The molecular weight excluding hydrogens is 470 g/mol. The van der Waals surface area contributed by atoms with Crippen molar-refractivity contribution in [1.29, 1.82) is 0 Å². The van der Waals surface area contributed by atoms with Gasteiger partial charge in [0.15, 0.2) is 4.34 Å². The van der Waals surface area contributed by atoms with Crippen molar-refractivity contribution >= 4 is 50.8 Å². The zero-order valence-corrected chi connectivity index (χ0v) is 20.6. The van der Waals surface area contributed by atoms with E-state index < -0.39 is 10.7 Å². The number of aromatic nitrogens is 2. The number of anilines is 1. The summed E-state index contributed by atoms with van der Waals surface area (Å²) in [5.41, 5.74) is 1.01. The summed E-state index contributed by atoms with van der Waals surface area (Å²) in [5.74, 6) is 0.162. The lowest BCUT2D eigenvalue weighted by Crippen LogP contribution is -2.28. The van der Waals surface area contributed by atoms with Gasteiger partial charge >= 0.3 is 5.97 Å². The van der Waals surface area contributed by atoms with Crippen molar-refractivity contribution in [3.8, 4) is 0 Å². The van der Waals surface area contributed by atoms with E-state index in [0.717, 1.165) is 46.3 Å². The van der Waals surface area contributed by atoms with E-state index in [1.165, 1.54) is 48.8 Å². The molecule has 0 fully saturated rings. The number of thioether (sulfide) groups is 1. The Bertz CT molecular complexity index is 766. The van der Waals surface area contributed by atoms with Crippen LogP contribution in [-0.2, 0) is 11.2 Å². The number of hydrogen-bond acceptors (Lipinski definition) is 6. The molecule has 8 heteroatoms. The van der Waals surface area contributed by atoms with Crippen molar-refractivity contribution in [2.24, 2.45) is 0 Å². The van der Waals surface area contributed by atoms with Gasteiger partial charge in [-0.05, 0) is 48.3 Å². The van der Waals surface area contributed by atoms with Gasteiger partial charge in [-0.25, -0.2) is 9.97 Å². The Balaban J connectivity index is 1.96. The van der Waals surface area contributed by atoms with Gasteiger partial charge in [0.25, 0.3) is 0 Å². The summed E-state index contributed by atoms with van der Waals surface area (Å²) in [4.78, 5) is 22.9. The highest BCUT2D eigenvalue weighted by molar-refractivity contribution is 9.10. The minimum absolute atomic E-state index is 0.806. The van der Waals surface area contributed by atoms with E-state index in [9.17, 15) is 9.90 Å². The summed E-state index contributed by atoms with van der Waals surface area (Å²) in [6, 6.07) is 4.08. The molecule has 0 aliphatic carbocycles. The van der Waals surface area contributed by atoms with E-state index in [1.54, 1.807) is 13.8 Å². The maximum atomic E-state index is 11.3. The molecule has 0 unspecified atom stereocenters. The number of aliphatic carboxylic acids is 1. The molecule has 0 atom stereocenters. The monoisotopic (exact) mass is 499 g/mol. The molecule has 0 bridgehead atoms. The number of thiazole rings is 1. The lowest BCUT2D eigenvalue weighted by atomic mass is 10.1. The first-order chi connectivity index (χ1) is 13.8. The van der Waals surface area contributed by atoms with Crippen LogP contribution in [0.15, 0.2) is 32.5 Å². The van der Waals surface area contributed by atoms with E-state index in [-0.39, 0.29) is 0 Å². The van der Waals surface area contributed by atoms with Crippen LogP contribution in [0.1, 0.15) is 58.6 Å². The highest BCUT2D eigenvalue weighted by Gasteiger charge is 2.29. The van der Waals surface area contributed by atoms with Gasteiger partial charge in [-0.3, -0.25) is 4.79 Å². The van der Waals surface area contributed by atoms with E-state index in [2.05, 4.69) is 37.7 Å². The molecule has 0 aliphatic heterocycles. The number of carbonyl (C=O) groups is 1. The number of unbranched alkanes of at least 4 members (excludes halogenated alkanes) is 4. The topological polar surface area (TPSA) is 66.3 Å². The maximum absolute atomic E-state index is 11.3. The third-order valence-corrected chi connectivity index (χ3v) is 7.23. The molecule has 2 aromatic heterocycles. The number of rotatable bonds is 13. The Labute approximate surface area is 190 Å². The Kier molecular flexibility index (Phi) is 9.92. The SMILES string of the molecule is CCCCCCCN(CCc1csc(SC(C)(C)C(=O)O)n1)c1ccc(Br)cn1. The predicted molar refractivity (Wildman–Crippen MR) is 126 cm³/mol. The third kappa shape index (κ3) is 8.26. The van der Waals surface area contributed by atoms with Gasteiger partial charge < -0.3 is 10.0 Å². The summed E-state index contributed by atoms with van der Waals surface area (Å²) >= 11 is 6.28. The van der Waals surface area contributed by atoms with Crippen molar-refractivity contribution in [2.75, 3.05) is 18.0 Å². The summed E-state index contributed by atoms with van der Waals surface area (Å²) in [6.45, 7) is 7.48. The van der Waals surface area contributed by atoms with Crippen LogP contribution >= 0.6 is 39.0 Å². The largest absolute Gasteiger partial charge is 0.480 e. The lowest BCUT2D eigenvalue weighted by molar-refractivity contribution is -0.138. The van der Waals surface area contributed by atoms with Crippen LogP contribution in [0.25, 0.3) is 0 Å². The average molecular weight is 501 g/mol. The second kappa shape index (κ2) is 11.9. The quantitative estimate of drug-likeness (QED) is 0.258. The zero-order chi connectivity index (χ0) is 21.3. The summed E-state index contributed by atoms with van der Waals surface area (Å²) < 4.78 is 0.910. The molecule has 0 saturated carbocycles. The molecule has 5 nitrogen and oxygen atoms in total. The fraction of sp³-hybridized carbons (Fsp3) is 0.571. The molecule has 0 radical (unpaired) electrons. The minimum atomic E-state index is -0.874. The van der Waals surface area contributed by atoms with Gasteiger partial charge in [0.05, 0.1) is 5.69 Å². The summed E-state index contributed by atoms with van der Waals surface area (Å²) in [7, 11) is 0. The molecule has 2 rings (SSSR count). The fourth-order valence-corrected chi connectivity index (χ4v) is 5.22. The van der Waals surface area contributed by atoms with Crippen LogP contribution < -0.4 is 4.90 Å². The van der Waals surface area contributed by atoms with Gasteiger partial charge in [0.1, 0.15) is 10.6 Å². The van der Waals surface area contributed by atoms with Crippen molar-refractivity contribution < 1.29 is 9.90 Å². The average Bonchev–Trinajstić information content (AvgIpc) is 3.11. The smallest absolute Gasteiger partial charge is 0.319 e. The first-order valence-corrected chi connectivity index (χ1v) is 12.5. The standard InChI is InChI=1S/C21H30BrN3O2S2/c1-4-5-6-7-8-12-25(18-10-9-16(22)14-23-18)13-11-17-15-28-20(24-17)29-21(2,3)19(26)27/h9-10,14-15H,4-8,11-13H2,1-3H3,(H,26,27). The molecule has 0 saturated heterocycles. The molecule has 2 heterocycles. The maximum Gasteiger partial charge on any atom is 0.319 e. The molecule has 0 aliphatic rings. The highest BCUT2D eigenvalue weighted by atomic mass is 79.9. The minimum Gasteiger partial charge on any atom is -0.480 e. The third-order valence-electron chi connectivity index (χ3n) is 4.59. The normalized spacial score (nSPS) is 11.6. The molecule has 0 aromatic carbocycles. The van der Waals surface area contributed by atoms with E-state index in [1.807, 2.05) is 23.7 Å². The van der Waals surface area contributed by atoms with Gasteiger partial charge in [-0.1, -0.05) is 44.4 Å². The van der Waals surface area contributed by atoms with Gasteiger partial charge in [-0.15, -0.1) is 11.3 Å². The first-order valence-electron chi connectivity index (χ1n) is 10.0. The lowest BCUT2D eigenvalue weighted by Gasteiger charge is -2.23. The first kappa shape index (κ1) is 24.2. The zero-order valence-electron chi connectivity index (χ0n) is 17.4. The van der Waals surface area contributed by atoms with Crippen LogP contribution in [0.4, 0.5) is 5.82 Å². The summed E-state index contributed by atoms with van der Waals surface area (Å²) in [6.07, 6.45) is 8.88. The van der Waals surface area contributed by atoms with Crippen LogP contribution in [-0.4, -0.2) is 38.9 Å². The number of halogens is 1. The van der Waals surface area contributed by atoms with Gasteiger partial charge in [0.2, 0.25) is 0 Å². The number of nitrogens with zero attached hydrogens (tertiary/aromatic N) is 3. The second-order valence-corrected chi connectivity index (χ2v) is 11.2. The molecule has 0 spiro atoms. The van der Waals surface area contributed by atoms with Crippen molar-refractivity contribution in [1.82, 2.24) is 9.97 Å².